The molecule has 182 valence electrons. The molecule has 0 aliphatic heterocycles. The molecule has 1 heterocycles. The van der Waals surface area contributed by atoms with Crippen LogP contribution in [0.3, 0.4) is 0 Å². The lowest BCUT2D eigenvalue weighted by atomic mass is 10.0. The van der Waals surface area contributed by atoms with Gasteiger partial charge < -0.3 is 14.8 Å². The molecule has 0 saturated heterocycles. The lowest BCUT2D eigenvalue weighted by molar-refractivity contribution is -0.144. The van der Waals surface area contributed by atoms with Gasteiger partial charge in [-0.3, -0.25) is 9.69 Å². The van der Waals surface area contributed by atoms with Gasteiger partial charge in [0.05, 0.1) is 29.4 Å². The smallest absolute Gasteiger partial charge is 0.337 e. The monoisotopic (exact) mass is 505 g/mol. The van der Waals surface area contributed by atoms with E-state index in [0.29, 0.717) is 63.0 Å². The maximum atomic E-state index is 12.1. The van der Waals surface area contributed by atoms with Crippen molar-refractivity contribution in [1.29, 1.82) is 0 Å². The molecule has 34 heavy (non-hydrogen) atoms. The van der Waals surface area contributed by atoms with Crippen molar-refractivity contribution in [2.45, 2.75) is 12.8 Å². The Bertz CT molecular complexity index is 1120. The largest absolute Gasteiger partial charge is 0.465 e. The van der Waals surface area contributed by atoms with E-state index in [0.717, 1.165) is 27.5 Å². The van der Waals surface area contributed by atoms with E-state index < -0.39 is 5.97 Å². The van der Waals surface area contributed by atoms with Gasteiger partial charge in [0, 0.05) is 55.1 Å². The van der Waals surface area contributed by atoms with Gasteiger partial charge in [-0.25, -0.2) is 9.78 Å². The Morgan fingerprint density at radius 3 is 2.47 bits per heavy atom. The van der Waals surface area contributed by atoms with Crippen LogP contribution in [-0.2, 0) is 14.3 Å². The number of rotatable bonds is 13. The number of esters is 2. The highest BCUT2D eigenvalue weighted by atomic mass is 35.5. The number of nitrogens with zero attached hydrogens (tertiary/aromatic N) is 2. The Labute approximate surface area is 209 Å². The van der Waals surface area contributed by atoms with Gasteiger partial charge in [-0.2, -0.15) is 0 Å². The third-order valence-corrected chi connectivity index (χ3v) is 5.77. The predicted octanol–water partition coefficient (Wildman–Crippen LogP) is 4.69. The van der Waals surface area contributed by atoms with E-state index in [1.54, 1.807) is 12.1 Å². The van der Waals surface area contributed by atoms with Gasteiger partial charge >= 0.3 is 11.9 Å². The van der Waals surface area contributed by atoms with Gasteiger partial charge in [-0.05, 0) is 30.7 Å². The fraction of sp³-hybridized carbons (Fsp3) is 0.400. The number of carbonyl (C=O) groups is 2. The highest BCUT2D eigenvalue weighted by Gasteiger charge is 2.13. The summed E-state index contributed by atoms with van der Waals surface area (Å²) in [5.74, 6) is 0.377. The summed E-state index contributed by atoms with van der Waals surface area (Å²) in [5, 5.41) is 5.21. The molecule has 3 rings (SSSR count). The Kier molecular flexibility index (Phi) is 10.2. The van der Waals surface area contributed by atoms with Crippen LogP contribution in [0.1, 0.15) is 23.2 Å². The Morgan fingerprint density at radius 2 is 1.74 bits per heavy atom. The molecule has 0 fully saturated rings. The maximum absolute atomic E-state index is 12.1. The zero-order valence-corrected chi connectivity index (χ0v) is 20.7. The van der Waals surface area contributed by atoms with Gasteiger partial charge in [0.25, 0.3) is 0 Å². The molecule has 0 bridgehead atoms. The second-order valence-electron chi connectivity index (χ2n) is 7.70. The van der Waals surface area contributed by atoms with Crippen LogP contribution >= 0.6 is 23.2 Å². The summed E-state index contributed by atoms with van der Waals surface area (Å²) in [5.41, 5.74) is 2.95. The van der Waals surface area contributed by atoms with Crippen LogP contribution in [0.4, 0.5) is 5.69 Å². The Morgan fingerprint density at radius 1 is 1.00 bits per heavy atom. The molecule has 7 nitrogen and oxygen atoms in total. The number of hydrogen-bond donors (Lipinski definition) is 1. The summed E-state index contributed by atoms with van der Waals surface area (Å²) in [6, 6.07) is 13.1. The second-order valence-corrected chi connectivity index (χ2v) is 8.45. The molecule has 0 unspecified atom stereocenters. The number of aromatic nitrogens is 1. The number of pyridine rings is 1. The molecule has 9 heteroatoms. The molecular weight excluding hydrogens is 477 g/mol. The fourth-order valence-corrected chi connectivity index (χ4v) is 4.19. The SMILES string of the molecule is COC(=O)c1ccc2nc3ccccc3c(NCCCC(=O)OCCN(CCCl)CCCl)c2c1. The highest BCUT2D eigenvalue weighted by molar-refractivity contribution is 6.18. The minimum absolute atomic E-state index is 0.240. The molecule has 0 amide bonds. The normalized spacial score (nSPS) is 11.2. The number of alkyl halides is 2. The number of nitrogens with one attached hydrogen (secondary N) is 1. The summed E-state index contributed by atoms with van der Waals surface area (Å²) in [7, 11) is 1.36. The van der Waals surface area contributed by atoms with Crippen LogP contribution in [0.15, 0.2) is 42.5 Å². The molecule has 0 saturated carbocycles. The first-order valence-corrected chi connectivity index (χ1v) is 12.3. The van der Waals surface area contributed by atoms with E-state index in [9.17, 15) is 9.59 Å². The van der Waals surface area contributed by atoms with Crippen molar-refractivity contribution in [2.75, 3.05) is 57.0 Å². The summed E-state index contributed by atoms with van der Waals surface area (Å²) >= 11 is 11.6. The van der Waals surface area contributed by atoms with Gasteiger partial charge in [0.15, 0.2) is 0 Å². The van der Waals surface area contributed by atoms with Crippen LogP contribution in [-0.4, -0.2) is 73.5 Å². The first-order valence-electron chi connectivity index (χ1n) is 11.2. The van der Waals surface area contributed by atoms with Crippen molar-refractivity contribution in [3.8, 4) is 0 Å². The number of methoxy groups -OCH3 is 1. The van der Waals surface area contributed by atoms with Crippen LogP contribution in [0.5, 0.6) is 0 Å². The van der Waals surface area contributed by atoms with Crippen molar-refractivity contribution in [3.63, 3.8) is 0 Å². The van der Waals surface area contributed by atoms with Crippen molar-refractivity contribution in [2.24, 2.45) is 0 Å². The quantitative estimate of drug-likeness (QED) is 0.156. The molecular formula is C25H29Cl2N3O4. The van der Waals surface area contributed by atoms with E-state index in [1.807, 2.05) is 30.3 Å². The zero-order chi connectivity index (χ0) is 24.3. The average Bonchev–Trinajstić information content (AvgIpc) is 2.85. The van der Waals surface area contributed by atoms with Crippen molar-refractivity contribution in [1.82, 2.24) is 9.88 Å². The minimum Gasteiger partial charge on any atom is -0.465 e. The summed E-state index contributed by atoms with van der Waals surface area (Å²) < 4.78 is 10.2. The number of fused-ring (bicyclic) bond motifs is 2. The van der Waals surface area contributed by atoms with Gasteiger partial charge in [0.2, 0.25) is 0 Å². The van der Waals surface area contributed by atoms with Crippen molar-refractivity contribution in [3.05, 3.63) is 48.0 Å². The fourth-order valence-electron chi connectivity index (χ4n) is 3.71. The molecule has 1 N–H and O–H groups in total. The highest BCUT2D eigenvalue weighted by Crippen LogP contribution is 2.31. The van der Waals surface area contributed by atoms with Crippen LogP contribution < -0.4 is 5.32 Å². The Hall–Kier alpha value is -2.61. The summed E-state index contributed by atoms with van der Waals surface area (Å²) in [6.45, 7) is 2.91. The number of carbonyl (C=O) groups excluding carboxylic acids is 2. The standard InChI is InChI=1S/C25H29Cl2N3O4/c1-33-25(32)18-8-9-22-20(17-18)24(19-5-2-3-6-21(19)29-22)28-12-4-7-23(31)34-16-15-30(13-10-26)14-11-27/h2-3,5-6,8-9,17H,4,7,10-16H2,1H3,(H,28,29). The number of halogens is 2. The number of hydrogen-bond acceptors (Lipinski definition) is 7. The topological polar surface area (TPSA) is 80.8 Å². The first-order chi connectivity index (χ1) is 16.6. The molecule has 0 radical (unpaired) electrons. The van der Waals surface area contributed by atoms with Crippen molar-refractivity contribution < 1.29 is 19.1 Å². The van der Waals surface area contributed by atoms with Crippen LogP contribution in [0.2, 0.25) is 0 Å². The van der Waals surface area contributed by atoms with Gasteiger partial charge in [-0.1, -0.05) is 18.2 Å². The molecule has 1 aromatic heterocycles. The maximum Gasteiger partial charge on any atom is 0.337 e. The lowest BCUT2D eigenvalue weighted by Crippen LogP contribution is -2.32. The Balaban J connectivity index is 1.62. The van der Waals surface area contributed by atoms with Gasteiger partial charge in [0.1, 0.15) is 6.61 Å². The summed E-state index contributed by atoms with van der Waals surface area (Å²) in [4.78, 5) is 31.0. The van der Waals surface area contributed by atoms with E-state index in [4.69, 9.17) is 37.7 Å². The minimum atomic E-state index is -0.403. The lowest BCUT2D eigenvalue weighted by Gasteiger charge is -2.19. The van der Waals surface area contributed by atoms with Crippen molar-refractivity contribution >= 4 is 62.6 Å². The number of benzene rings is 2. The third kappa shape index (κ3) is 6.95. The molecule has 0 aliphatic rings. The average molecular weight is 506 g/mol. The molecule has 0 atom stereocenters. The molecule has 0 aliphatic carbocycles. The molecule has 0 spiro atoms. The zero-order valence-electron chi connectivity index (χ0n) is 19.2. The number of anilines is 1. The van der Waals surface area contributed by atoms with E-state index >= 15 is 0 Å². The first kappa shape index (κ1) is 26.0. The van der Waals surface area contributed by atoms with E-state index in [2.05, 4.69) is 10.2 Å². The van der Waals surface area contributed by atoms with E-state index in [-0.39, 0.29) is 5.97 Å². The van der Waals surface area contributed by atoms with Gasteiger partial charge in [-0.15, -0.1) is 23.2 Å². The van der Waals surface area contributed by atoms with Crippen LogP contribution in [0, 0.1) is 0 Å². The number of ether oxygens (including phenoxy) is 2. The van der Waals surface area contributed by atoms with Crippen LogP contribution in [0.25, 0.3) is 21.8 Å². The third-order valence-electron chi connectivity index (χ3n) is 5.43. The predicted molar refractivity (Wildman–Crippen MR) is 137 cm³/mol. The molecule has 2 aromatic carbocycles. The second kappa shape index (κ2) is 13.3. The summed E-state index contributed by atoms with van der Waals surface area (Å²) in [6.07, 6.45) is 0.896. The molecule has 3 aromatic rings. The van der Waals surface area contributed by atoms with E-state index in [1.165, 1.54) is 7.11 Å². The number of para-hydroxylation sites is 1.